The second kappa shape index (κ2) is 3.76. The molecule has 3 heteroatoms. The quantitative estimate of drug-likeness (QED) is 0.828. The van der Waals surface area contributed by atoms with Crippen LogP contribution in [0.5, 0.6) is 0 Å². The van der Waals surface area contributed by atoms with Crippen LogP contribution in [0.25, 0.3) is 0 Å². The molecule has 82 valence electrons. The predicted molar refractivity (Wildman–Crippen MR) is 63.0 cm³/mol. The third-order valence-electron chi connectivity index (χ3n) is 3.17. The lowest BCUT2D eigenvalue weighted by atomic mass is 10.0. The van der Waals surface area contributed by atoms with Crippen molar-refractivity contribution in [1.29, 1.82) is 0 Å². The molecule has 1 atom stereocenters. The summed E-state index contributed by atoms with van der Waals surface area (Å²) in [5, 5.41) is 7.85. The number of hydrogen-bond acceptors (Lipinski definition) is 2. The van der Waals surface area contributed by atoms with E-state index in [2.05, 4.69) is 47.8 Å². The van der Waals surface area contributed by atoms with Crippen molar-refractivity contribution in [2.24, 2.45) is 0 Å². The first kappa shape index (κ1) is 9.60. The van der Waals surface area contributed by atoms with E-state index in [0.717, 1.165) is 13.1 Å². The minimum atomic E-state index is 0.316. The summed E-state index contributed by atoms with van der Waals surface area (Å²) in [6, 6.07) is 8.90. The first-order chi connectivity index (χ1) is 7.88. The topological polar surface area (TPSA) is 29.9 Å². The molecule has 2 heterocycles. The molecule has 1 unspecified atom stereocenters. The highest BCUT2D eigenvalue weighted by Gasteiger charge is 2.23. The van der Waals surface area contributed by atoms with Gasteiger partial charge in [-0.1, -0.05) is 24.3 Å². The van der Waals surface area contributed by atoms with Gasteiger partial charge < -0.3 is 5.32 Å². The molecule has 0 bridgehead atoms. The average molecular weight is 213 g/mol. The molecule has 0 fully saturated rings. The van der Waals surface area contributed by atoms with Gasteiger partial charge in [0.2, 0.25) is 0 Å². The SMILES string of the molecule is CCn1cc(C2NCc3ccccc32)cn1. The number of aryl methyl sites for hydroxylation is 1. The predicted octanol–water partition coefficient (Wildman–Crippen LogP) is 2.10. The van der Waals surface area contributed by atoms with Gasteiger partial charge in [0.25, 0.3) is 0 Å². The number of hydrogen-bond donors (Lipinski definition) is 1. The minimum Gasteiger partial charge on any atom is -0.302 e. The summed E-state index contributed by atoms with van der Waals surface area (Å²) in [6.45, 7) is 3.99. The molecular formula is C13H15N3. The number of rotatable bonds is 2. The van der Waals surface area contributed by atoms with Crippen molar-refractivity contribution in [2.75, 3.05) is 0 Å². The average Bonchev–Trinajstić information content (AvgIpc) is 2.94. The largest absolute Gasteiger partial charge is 0.302 e. The molecule has 1 aliphatic rings. The van der Waals surface area contributed by atoms with Crippen molar-refractivity contribution in [2.45, 2.75) is 26.1 Å². The summed E-state index contributed by atoms with van der Waals surface area (Å²) >= 11 is 0. The van der Waals surface area contributed by atoms with Gasteiger partial charge in [-0.05, 0) is 18.1 Å². The van der Waals surface area contributed by atoms with Gasteiger partial charge in [0.1, 0.15) is 0 Å². The van der Waals surface area contributed by atoms with Crippen LogP contribution in [0.1, 0.15) is 29.7 Å². The maximum absolute atomic E-state index is 4.33. The Bertz CT molecular complexity index is 501. The third-order valence-corrected chi connectivity index (χ3v) is 3.17. The molecule has 1 aromatic carbocycles. The number of nitrogens with zero attached hydrogens (tertiary/aromatic N) is 2. The normalized spacial score (nSPS) is 18.7. The summed E-state index contributed by atoms with van der Waals surface area (Å²) in [4.78, 5) is 0. The summed E-state index contributed by atoms with van der Waals surface area (Å²) in [5.74, 6) is 0. The highest BCUT2D eigenvalue weighted by atomic mass is 15.3. The Morgan fingerprint density at radius 2 is 2.31 bits per heavy atom. The fourth-order valence-electron chi connectivity index (χ4n) is 2.30. The first-order valence-corrected chi connectivity index (χ1v) is 5.72. The Labute approximate surface area is 95.1 Å². The smallest absolute Gasteiger partial charge is 0.0613 e. The number of benzene rings is 1. The molecule has 0 amide bonds. The van der Waals surface area contributed by atoms with E-state index in [-0.39, 0.29) is 0 Å². The molecule has 1 N–H and O–H groups in total. The van der Waals surface area contributed by atoms with Gasteiger partial charge in [-0.2, -0.15) is 5.10 Å². The summed E-state index contributed by atoms with van der Waals surface area (Å²) in [7, 11) is 0. The van der Waals surface area contributed by atoms with Crippen molar-refractivity contribution in [1.82, 2.24) is 15.1 Å². The highest BCUT2D eigenvalue weighted by molar-refractivity contribution is 5.39. The van der Waals surface area contributed by atoms with E-state index < -0.39 is 0 Å². The van der Waals surface area contributed by atoms with Gasteiger partial charge in [-0.25, -0.2) is 0 Å². The molecule has 0 saturated heterocycles. The van der Waals surface area contributed by atoms with E-state index >= 15 is 0 Å². The highest BCUT2D eigenvalue weighted by Crippen LogP contribution is 2.30. The molecule has 3 nitrogen and oxygen atoms in total. The van der Waals surface area contributed by atoms with E-state index in [1.807, 2.05) is 10.9 Å². The third kappa shape index (κ3) is 1.44. The number of nitrogens with one attached hydrogen (secondary N) is 1. The minimum absolute atomic E-state index is 0.316. The van der Waals surface area contributed by atoms with Crippen LogP contribution in [-0.4, -0.2) is 9.78 Å². The van der Waals surface area contributed by atoms with Crippen LogP contribution in [0.3, 0.4) is 0 Å². The van der Waals surface area contributed by atoms with Crippen LogP contribution in [-0.2, 0) is 13.1 Å². The van der Waals surface area contributed by atoms with Gasteiger partial charge in [-0.15, -0.1) is 0 Å². The maximum Gasteiger partial charge on any atom is 0.0613 e. The lowest BCUT2D eigenvalue weighted by Gasteiger charge is -2.09. The van der Waals surface area contributed by atoms with Crippen molar-refractivity contribution < 1.29 is 0 Å². The summed E-state index contributed by atoms with van der Waals surface area (Å²) in [6.07, 6.45) is 4.09. The van der Waals surface area contributed by atoms with Crippen LogP contribution in [0.2, 0.25) is 0 Å². The zero-order chi connectivity index (χ0) is 11.0. The van der Waals surface area contributed by atoms with Gasteiger partial charge in [-0.3, -0.25) is 4.68 Å². The Morgan fingerprint density at radius 3 is 3.12 bits per heavy atom. The Morgan fingerprint density at radius 1 is 1.44 bits per heavy atom. The maximum atomic E-state index is 4.33. The van der Waals surface area contributed by atoms with Crippen LogP contribution < -0.4 is 5.32 Å². The van der Waals surface area contributed by atoms with Crippen molar-refractivity contribution in [3.63, 3.8) is 0 Å². The standard InChI is InChI=1S/C13H15N3/c1-2-16-9-11(8-15-16)13-12-6-4-3-5-10(12)7-14-13/h3-6,8-9,13-14H,2,7H2,1H3. The van der Waals surface area contributed by atoms with Gasteiger partial charge >= 0.3 is 0 Å². The zero-order valence-electron chi connectivity index (χ0n) is 9.35. The molecule has 2 aromatic rings. The molecule has 0 aliphatic carbocycles. The lowest BCUT2D eigenvalue weighted by Crippen LogP contribution is -2.12. The second-order valence-electron chi connectivity index (χ2n) is 4.14. The monoisotopic (exact) mass is 213 g/mol. The zero-order valence-corrected chi connectivity index (χ0v) is 9.35. The van der Waals surface area contributed by atoms with Crippen LogP contribution in [0.15, 0.2) is 36.7 Å². The molecule has 0 saturated carbocycles. The molecule has 16 heavy (non-hydrogen) atoms. The van der Waals surface area contributed by atoms with Crippen LogP contribution >= 0.6 is 0 Å². The lowest BCUT2D eigenvalue weighted by molar-refractivity contribution is 0.649. The van der Waals surface area contributed by atoms with E-state index in [0.29, 0.717) is 6.04 Å². The molecule has 0 spiro atoms. The fourth-order valence-corrected chi connectivity index (χ4v) is 2.30. The van der Waals surface area contributed by atoms with E-state index in [4.69, 9.17) is 0 Å². The summed E-state index contributed by atoms with van der Waals surface area (Å²) in [5.41, 5.74) is 4.04. The van der Waals surface area contributed by atoms with Crippen LogP contribution in [0.4, 0.5) is 0 Å². The number of fused-ring (bicyclic) bond motifs is 1. The van der Waals surface area contributed by atoms with Crippen LogP contribution in [0, 0.1) is 0 Å². The van der Waals surface area contributed by atoms with Gasteiger partial charge in [0.15, 0.2) is 0 Å². The molecule has 3 rings (SSSR count). The van der Waals surface area contributed by atoms with Crippen molar-refractivity contribution >= 4 is 0 Å². The van der Waals surface area contributed by atoms with Crippen molar-refractivity contribution in [3.05, 3.63) is 53.3 Å². The molecular weight excluding hydrogens is 198 g/mol. The van der Waals surface area contributed by atoms with Gasteiger partial charge in [0, 0.05) is 24.8 Å². The molecule has 1 aromatic heterocycles. The second-order valence-corrected chi connectivity index (χ2v) is 4.14. The molecule has 1 aliphatic heterocycles. The van der Waals surface area contributed by atoms with Crippen molar-refractivity contribution in [3.8, 4) is 0 Å². The van der Waals surface area contributed by atoms with Gasteiger partial charge in [0.05, 0.1) is 12.2 Å². The Hall–Kier alpha value is -1.61. The summed E-state index contributed by atoms with van der Waals surface area (Å²) < 4.78 is 1.97. The van der Waals surface area contributed by atoms with E-state index in [1.54, 1.807) is 0 Å². The Balaban J connectivity index is 1.98. The Kier molecular flexibility index (Phi) is 2.26. The number of aromatic nitrogens is 2. The van der Waals surface area contributed by atoms with E-state index in [9.17, 15) is 0 Å². The first-order valence-electron chi connectivity index (χ1n) is 5.72. The van der Waals surface area contributed by atoms with E-state index in [1.165, 1.54) is 16.7 Å². The fraction of sp³-hybridized carbons (Fsp3) is 0.308. The molecule has 0 radical (unpaired) electrons.